The van der Waals surface area contributed by atoms with Crippen molar-refractivity contribution >= 4 is 106 Å². The van der Waals surface area contributed by atoms with Crippen molar-refractivity contribution in [2.75, 3.05) is 34.5 Å². The molecule has 0 saturated heterocycles. The third-order valence-electron chi connectivity index (χ3n) is 3.06. The van der Waals surface area contributed by atoms with Gasteiger partial charge in [0.25, 0.3) is 0 Å². The number of aromatic nitrogens is 6. The van der Waals surface area contributed by atoms with E-state index in [4.69, 9.17) is 0 Å². The zero-order valence-corrected chi connectivity index (χ0v) is 35.6. The number of carbonyl (C=O) groups excluding carboxylic acids is 6. The summed E-state index contributed by atoms with van der Waals surface area (Å²) in [7, 11) is 0. The van der Waals surface area contributed by atoms with Gasteiger partial charge in [-0.2, -0.15) is 29.9 Å². The van der Waals surface area contributed by atoms with Crippen LogP contribution in [-0.2, 0) is 61.6 Å². The number of nitrogens with zero attached hydrogens (tertiary/aromatic N) is 6. The zero-order valence-electron chi connectivity index (χ0n) is 27.3. The fourth-order valence-corrected chi connectivity index (χ4v) is 5.41. The average molecular weight is 1270 g/mol. The molecular weight excluding hydrogens is 1220 g/mol. The first kappa shape index (κ1) is 95.7. The second kappa shape index (κ2) is 54.5. The van der Waals surface area contributed by atoms with Crippen LogP contribution in [0.15, 0.2) is 30.9 Å². The maximum atomic E-state index is 10.4. The number of carboxylic acids is 6. The molecule has 56 heavy (non-hydrogen) atoms. The molecule has 38 heteroatoms. The van der Waals surface area contributed by atoms with Gasteiger partial charge in [-0.3, -0.25) is 0 Å². The van der Waals surface area contributed by atoms with Crippen LogP contribution < -0.4 is 30.6 Å². The second-order valence-electron chi connectivity index (χ2n) is 6.33. The van der Waals surface area contributed by atoms with Crippen molar-refractivity contribution in [3.63, 3.8) is 0 Å². The molecule has 2 aromatic rings. The van der Waals surface area contributed by atoms with Gasteiger partial charge in [0, 0.05) is 34.5 Å². The van der Waals surface area contributed by atoms with Crippen LogP contribution in [0.2, 0.25) is 0 Å². The Morgan fingerprint density at radius 1 is 0.304 bits per heavy atom. The molecule has 2 radical (unpaired) electrons. The van der Waals surface area contributed by atoms with Crippen molar-refractivity contribution in [3.05, 3.63) is 0 Å². The van der Waals surface area contributed by atoms with Crippen LogP contribution >= 0.6 is 70.6 Å². The summed E-state index contributed by atoms with van der Waals surface area (Å²) in [4.78, 5) is 85.4. The normalized spacial score (nSPS) is 7.71. The monoisotopic (exact) mass is 1270 g/mol. The number of aliphatic carboxylic acids is 6. The van der Waals surface area contributed by atoms with E-state index in [0.29, 0.717) is 0 Å². The third-order valence-corrected chi connectivity index (χ3v) is 7.99. The summed E-state index contributed by atoms with van der Waals surface area (Å²) in [6.07, 6.45) is 0. The minimum Gasteiger partial charge on any atom is -0.549 e. The molecule has 0 aliphatic rings. The summed E-state index contributed by atoms with van der Waals surface area (Å²) in [6.45, 7) is 0. The molecule has 0 fully saturated rings. The largest absolute Gasteiger partial charge is 3.00 e. The van der Waals surface area contributed by atoms with Crippen molar-refractivity contribution < 1.29 is 219 Å². The molecular formula is C18H42N6O24S6Yb2+6. The fraction of sp³-hybridized carbons (Fsp3) is 0.333. The molecule has 0 saturated carbocycles. The van der Waals surface area contributed by atoms with Gasteiger partial charge in [0.15, 0.2) is 30.9 Å². The topological polar surface area (TPSA) is 705 Å². The smallest absolute Gasteiger partial charge is 0.549 e. The first-order valence-corrected chi connectivity index (χ1v) is 16.1. The first-order valence-electron chi connectivity index (χ1n) is 10.2. The number of thioether (sulfide) groups is 6. The van der Waals surface area contributed by atoms with E-state index in [-0.39, 0.29) is 190 Å². The fourth-order valence-electron chi connectivity index (χ4n) is 1.77. The van der Waals surface area contributed by atoms with E-state index in [1.54, 1.807) is 0 Å². The minimum atomic E-state index is -1.33. The van der Waals surface area contributed by atoms with E-state index < -0.39 is 70.3 Å². The Morgan fingerprint density at radius 2 is 0.393 bits per heavy atom. The number of carboxylic acid groups (broad SMARTS) is 6. The van der Waals surface area contributed by atoms with E-state index in [1.165, 1.54) is 0 Å². The summed E-state index contributed by atoms with van der Waals surface area (Å²) >= 11 is 4.49. The van der Waals surface area contributed by atoms with Crippen LogP contribution in [-0.4, -0.2) is 133 Å². The van der Waals surface area contributed by atoms with Gasteiger partial charge in [0.2, 0.25) is 0 Å². The number of rotatable bonds is 18. The first-order chi connectivity index (χ1) is 19.7. The van der Waals surface area contributed by atoms with Gasteiger partial charge in [0.05, 0.1) is 35.8 Å². The third kappa shape index (κ3) is 51.5. The summed E-state index contributed by atoms with van der Waals surface area (Å²) in [5.41, 5.74) is 0. The Labute approximate surface area is 415 Å². The average Bonchev–Trinajstić information content (AvgIpc) is 2.90. The molecule has 0 unspecified atom stereocenters. The Balaban J connectivity index is -0.0000000420. The Kier molecular flexibility index (Phi) is 93.2. The molecule has 0 bridgehead atoms. The molecule has 30 N–H and O–H groups in total. The second-order valence-corrected chi connectivity index (χ2v) is 12.0. The maximum Gasteiger partial charge on any atom is 3.00 e. The van der Waals surface area contributed by atoms with Gasteiger partial charge in [-0.25, -0.2) is 0 Å². The van der Waals surface area contributed by atoms with E-state index in [0.717, 1.165) is 70.6 Å². The van der Waals surface area contributed by atoms with E-state index in [1.807, 2.05) is 0 Å². The molecule has 0 aliphatic heterocycles. The molecule has 30 nitrogen and oxygen atoms in total. The van der Waals surface area contributed by atoms with Gasteiger partial charge >= 0.3 is 93.8 Å². The van der Waals surface area contributed by atoms with Crippen LogP contribution in [0.3, 0.4) is 0 Å². The predicted molar refractivity (Wildman–Crippen MR) is 185 cm³/mol. The number of hydrogen-bond donors (Lipinski definition) is 0. The minimum absolute atomic E-state index is 0. The van der Waals surface area contributed by atoms with Crippen molar-refractivity contribution in [1.29, 1.82) is 0 Å². The van der Waals surface area contributed by atoms with Crippen molar-refractivity contribution in [3.8, 4) is 0 Å². The zero-order chi connectivity index (χ0) is 31.7. The summed E-state index contributed by atoms with van der Waals surface area (Å²) < 4.78 is 0. The number of hydrogen-bond acceptors (Lipinski definition) is 24. The Morgan fingerprint density at radius 3 is 0.464 bits per heavy atom. The molecule has 346 valence electrons. The standard InChI is InChI=1S/2C9H9N3O6S3.12H2O.2Yb/c2*13-4(14)1-19-7-10-8(20-2-5(15)16)12-9(11-7)21-3-6(17)18;;;;;;;;;;;;;;/h2*1-3H2,(H,13,14)(H,15,16)(H,17,18);12*1H2;;/q;;;;;;;;;;;;;;2*+3. The van der Waals surface area contributed by atoms with Gasteiger partial charge in [-0.15, -0.1) is 0 Å². The molecule has 2 heterocycles. The van der Waals surface area contributed by atoms with Crippen LogP contribution in [0, 0.1) is 93.8 Å². The van der Waals surface area contributed by atoms with Crippen molar-refractivity contribution in [2.24, 2.45) is 0 Å². The van der Waals surface area contributed by atoms with Gasteiger partial charge in [-0.05, 0) is 0 Å². The summed E-state index contributed by atoms with van der Waals surface area (Å²) in [5, 5.41) is 62.5. The Hall–Kier alpha value is -0.501. The van der Waals surface area contributed by atoms with Crippen LogP contribution in [0.4, 0.5) is 0 Å². The quantitative estimate of drug-likeness (QED) is 0.0988. The van der Waals surface area contributed by atoms with Gasteiger partial charge in [-0.1, -0.05) is 70.6 Å². The molecule has 0 amide bonds. The molecule has 0 atom stereocenters. The Bertz CT molecular complexity index is 1060. The van der Waals surface area contributed by atoms with Crippen molar-refractivity contribution in [2.45, 2.75) is 30.9 Å². The van der Waals surface area contributed by atoms with E-state index in [2.05, 4.69) is 29.9 Å². The van der Waals surface area contributed by atoms with E-state index in [9.17, 15) is 59.4 Å². The van der Waals surface area contributed by atoms with E-state index >= 15 is 0 Å². The summed E-state index contributed by atoms with van der Waals surface area (Å²) in [5.74, 6) is -10.4. The van der Waals surface area contributed by atoms with Crippen LogP contribution in [0.5, 0.6) is 0 Å². The predicted octanol–water partition coefficient (Wildman–Crippen LogP) is -17.7. The van der Waals surface area contributed by atoms with Gasteiger partial charge < -0.3 is 125 Å². The molecule has 2 rings (SSSR count). The number of carbonyl (C=O) groups is 6. The van der Waals surface area contributed by atoms with Gasteiger partial charge in [0.1, 0.15) is 0 Å². The van der Waals surface area contributed by atoms with Crippen molar-refractivity contribution in [1.82, 2.24) is 29.9 Å². The summed E-state index contributed by atoms with van der Waals surface area (Å²) in [6, 6.07) is 0. The SMILES string of the molecule is O.O.O.O.O.O.O=C([O-])CSc1nc(SCC(=O)[O-])nc(SCC(=O)[O-])n1.O=C([O-])CSc1nc(SCC(=O)[O-])nc(SCC(=O)[O-])n1.[OH3+].[OH3+].[OH3+].[OH3+].[OH3+].[OH3+].[Yb+3].[Yb+3]. The van der Waals surface area contributed by atoms with Crippen LogP contribution in [0.25, 0.3) is 0 Å². The molecule has 2 aromatic heterocycles. The van der Waals surface area contributed by atoms with Crippen LogP contribution in [0.1, 0.15) is 0 Å². The molecule has 0 aliphatic carbocycles. The molecule has 0 aromatic carbocycles. The molecule has 0 spiro atoms. The maximum absolute atomic E-state index is 10.4.